The van der Waals surface area contributed by atoms with Crippen LogP contribution in [0.25, 0.3) is 0 Å². The molecule has 0 unspecified atom stereocenters. The molecule has 1 aliphatic heterocycles. The van der Waals surface area contributed by atoms with E-state index in [1.807, 2.05) is 49.4 Å². The zero-order valence-corrected chi connectivity index (χ0v) is 18.2. The van der Waals surface area contributed by atoms with E-state index in [9.17, 15) is 9.59 Å². The normalized spacial score (nSPS) is 18.1. The number of nitrogens with zero attached hydrogens (tertiary/aromatic N) is 1. The Bertz CT molecular complexity index is 916. The molecular formula is C25H31N3O3. The van der Waals surface area contributed by atoms with Crippen molar-refractivity contribution in [2.45, 2.75) is 31.6 Å². The van der Waals surface area contributed by atoms with E-state index in [1.165, 1.54) is 0 Å². The summed E-state index contributed by atoms with van der Waals surface area (Å²) in [6.45, 7) is 6.87. The first-order valence-corrected chi connectivity index (χ1v) is 11.1. The van der Waals surface area contributed by atoms with Gasteiger partial charge in [0.15, 0.2) is 0 Å². The average Bonchev–Trinajstić information content (AvgIpc) is 2.75. The maximum atomic E-state index is 13.0. The Hall–Kier alpha value is -2.70. The minimum absolute atomic E-state index is 0.114. The molecule has 31 heavy (non-hydrogen) atoms. The van der Waals surface area contributed by atoms with Crippen LogP contribution in [0.3, 0.4) is 0 Å². The molecule has 4 rings (SSSR count). The minimum atomic E-state index is -0.440. The summed E-state index contributed by atoms with van der Waals surface area (Å²) in [5.41, 5.74) is 3.01. The molecule has 0 spiro atoms. The third-order valence-corrected chi connectivity index (χ3v) is 6.43. The lowest BCUT2D eigenvalue weighted by Gasteiger charge is -2.41. The van der Waals surface area contributed by atoms with E-state index in [0.717, 1.165) is 68.9 Å². The molecule has 1 saturated carbocycles. The third-order valence-electron chi connectivity index (χ3n) is 6.43. The highest BCUT2D eigenvalue weighted by Gasteiger charge is 2.45. The Morgan fingerprint density at radius 2 is 1.81 bits per heavy atom. The van der Waals surface area contributed by atoms with Gasteiger partial charge >= 0.3 is 0 Å². The van der Waals surface area contributed by atoms with Crippen LogP contribution in [-0.2, 0) is 14.9 Å². The van der Waals surface area contributed by atoms with Crippen LogP contribution in [0.5, 0.6) is 0 Å². The lowest BCUT2D eigenvalue weighted by Crippen LogP contribution is -2.51. The molecule has 1 heterocycles. The smallest absolute Gasteiger partial charge is 0.255 e. The number of aryl methyl sites for hydroxylation is 1. The van der Waals surface area contributed by atoms with Crippen molar-refractivity contribution in [2.24, 2.45) is 0 Å². The lowest BCUT2D eigenvalue weighted by molar-refractivity contribution is -0.130. The number of anilines is 1. The Morgan fingerprint density at radius 1 is 1.06 bits per heavy atom. The highest BCUT2D eigenvalue weighted by atomic mass is 16.5. The summed E-state index contributed by atoms with van der Waals surface area (Å²) in [5, 5.41) is 6.10. The molecule has 1 aliphatic carbocycles. The van der Waals surface area contributed by atoms with Gasteiger partial charge in [-0.1, -0.05) is 36.2 Å². The van der Waals surface area contributed by atoms with Crippen molar-refractivity contribution in [3.63, 3.8) is 0 Å². The van der Waals surface area contributed by atoms with Crippen LogP contribution < -0.4 is 10.6 Å². The molecule has 6 heteroatoms. The van der Waals surface area contributed by atoms with Gasteiger partial charge in [-0.3, -0.25) is 14.5 Å². The number of hydrogen-bond donors (Lipinski definition) is 2. The van der Waals surface area contributed by atoms with E-state index in [2.05, 4.69) is 15.5 Å². The second kappa shape index (κ2) is 9.62. The fourth-order valence-electron chi connectivity index (χ4n) is 4.36. The summed E-state index contributed by atoms with van der Waals surface area (Å²) in [4.78, 5) is 27.9. The molecule has 164 valence electrons. The van der Waals surface area contributed by atoms with Gasteiger partial charge in [0.1, 0.15) is 0 Å². The summed E-state index contributed by atoms with van der Waals surface area (Å²) in [7, 11) is 0. The third kappa shape index (κ3) is 4.97. The van der Waals surface area contributed by atoms with Gasteiger partial charge in [-0.2, -0.15) is 0 Å². The summed E-state index contributed by atoms with van der Waals surface area (Å²) in [5.74, 6) is -0.0146. The molecule has 2 fully saturated rings. The van der Waals surface area contributed by atoms with Gasteiger partial charge in [-0.25, -0.2) is 0 Å². The molecule has 1 saturated heterocycles. The van der Waals surface area contributed by atoms with Gasteiger partial charge in [-0.05, 0) is 49.6 Å². The molecule has 0 bridgehead atoms. The number of hydrogen-bond acceptors (Lipinski definition) is 4. The van der Waals surface area contributed by atoms with E-state index in [0.29, 0.717) is 12.1 Å². The predicted octanol–water partition coefficient (Wildman–Crippen LogP) is 3.12. The SMILES string of the molecule is Cc1cccc(C(=O)Nc2ccc(C3(C(=O)NCCN4CCOCC4)CCC3)cc2)c1. The van der Waals surface area contributed by atoms with E-state index in [4.69, 9.17) is 4.74 Å². The number of nitrogens with one attached hydrogen (secondary N) is 2. The highest BCUT2D eigenvalue weighted by molar-refractivity contribution is 6.04. The van der Waals surface area contributed by atoms with E-state index in [-0.39, 0.29) is 11.8 Å². The minimum Gasteiger partial charge on any atom is -0.379 e. The fourth-order valence-corrected chi connectivity index (χ4v) is 4.36. The topological polar surface area (TPSA) is 70.7 Å². The molecule has 2 amide bonds. The summed E-state index contributed by atoms with van der Waals surface area (Å²) in [6, 6.07) is 15.3. The largest absolute Gasteiger partial charge is 0.379 e. The lowest BCUT2D eigenvalue weighted by atomic mass is 9.64. The maximum Gasteiger partial charge on any atom is 0.255 e. The average molecular weight is 422 g/mol. The second-order valence-electron chi connectivity index (χ2n) is 8.55. The predicted molar refractivity (Wildman–Crippen MR) is 121 cm³/mol. The van der Waals surface area contributed by atoms with Crippen LogP contribution in [0.4, 0.5) is 5.69 Å². The first kappa shape index (κ1) is 21.5. The number of carbonyl (C=O) groups excluding carboxylic acids is 2. The number of morpholine rings is 1. The quantitative estimate of drug-likeness (QED) is 0.721. The van der Waals surface area contributed by atoms with Crippen molar-refractivity contribution in [3.8, 4) is 0 Å². The van der Waals surface area contributed by atoms with Crippen LogP contribution in [-0.4, -0.2) is 56.1 Å². The standard InChI is InChI=1S/C25H31N3O3/c1-19-4-2-5-20(18-19)23(29)27-22-8-6-21(7-9-22)25(10-3-11-25)24(30)26-12-13-28-14-16-31-17-15-28/h2,4-9,18H,3,10-17H2,1H3,(H,26,30)(H,27,29). The van der Waals surface area contributed by atoms with E-state index < -0.39 is 5.41 Å². The van der Waals surface area contributed by atoms with Crippen molar-refractivity contribution < 1.29 is 14.3 Å². The van der Waals surface area contributed by atoms with E-state index >= 15 is 0 Å². The zero-order chi connectivity index (χ0) is 21.7. The number of benzene rings is 2. The fraction of sp³-hybridized carbons (Fsp3) is 0.440. The molecular weight excluding hydrogens is 390 g/mol. The molecule has 2 N–H and O–H groups in total. The highest BCUT2D eigenvalue weighted by Crippen LogP contribution is 2.44. The van der Waals surface area contributed by atoms with Crippen LogP contribution in [0.15, 0.2) is 48.5 Å². The molecule has 6 nitrogen and oxygen atoms in total. The Balaban J connectivity index is 1.35. The number of carbonyl (C=O) groups is 2. The Morgan fingerprint density at radius 3 is 2.45 bits per heavy atom. The van der Waals surface area contributed by atoms with Crippen LogP contribution in [0, 0.1) is 6.92 Å². The number of amides is 2. The Labute approximate surface area is 184 Å². The van der Waals surface area contributed by atoms with Crippen molar-refractivity contribution in [3.05, 3.63) is 65.2 Å². The van der Waals surface area contributed by atoms with Crippen molar-refractivity contribution in [2.75, 3.05) is 44.7 Å². The molecule has 2 aromatic rings. The van der Waals surface area contributed by atoms with Gasteiger partial charge < -0.3 is 15.4 Å². The van der Waals surface area contributed by atoms with Crippen LogP contribution >= 0.6 is 0 Å². The monoisotopic (exact) mass is 421 g/mol. The molecule has 0 atom stereocenters. The van der Waals surface area contributed by atoms with Crippen LogP contribution in [0.2, 0.25) is 0 Å². The molecule has 2 aliphatic rings. The van der Waals surface area contributed by atoms with Crippen molar-refractivity contribution in [1.29, 1.82) is 0 Å². The first-order chi connectivity index (χ1) is 15.1. The van der Waals surface area contributed by atoms with Gasteiger partial charge in [-0.15, -0.1) is 0 Å². The zero-order valence-electron chi connectivity index (χ0n) is 18.2. The Kier molecular flexibility index (Phi) is 6.68. The first-order valence-electron chi connectivity index (χ1n) is 11.1. The summed E-state index contributed by atoms with van der Waals surface area (Å²) >= 11 is 0. The molecule has 2 aromatic carbocycles. The molecule has 0 aromatic heterocycles. The van der Waals surface area contributed by atoms with Gasteiger partial charge in [0, 0.05) is 37.4 Å². The number of ether oxygens (including phenoxy) is 1. The van der Waals surface area contributed by atoms with Crippen molar-refractivity contribution in [1.82, 2.24) is 10.2 Å². The summed E-state index contributed by atoms with van der Waals surface area (Å²) < 4.78 is 5.37. The van der Waals surface area contributed by atoms with Gasteiger partial charge in [0.2, 0.25) is 5.91 Å². The van der Waals surface area contributed by atoms with Gasteiger partial charge in [0.25, 0.3) is 5.91 Å². The molecule has 0 radical (unpaired) electrons. The van der Waals surface area contributed by atoms with Crippen molar-refractivity contribution >= 4 is 17.5 Å². The maximum absolute atomic E-state index is 13.0. The van der Waals surface area contributed by atoms with Gasteiger partial charge in [0.05, 0.1) is 18.6 Å². The van der Waals surface area contributed by atoms with Crippen LogP contribution in [0.1, 0.15) is 40.7 Å². The second-order valence-corrected chi connectivity index (χ2v) is 8.55. The summed E-state index contributed by atoms with van der Waals surface area (Å²) in [6.07, 6.45) is 2.79. The van der Waals surface area contributed by atoms with E-state index in [1.54, 1.807) is 6.07 Å². The number of rotatable bonds is 7.